The van der Waals surface area contributed by atoms with E-state index >= 15 is 0 Å². The maximum atomic E-state index is 12.5. The summed E-state index contributed by atoms with van der Waals surface area (Å²) in [5.74, 6) is -0.288. The van der Waals surface area contributed by atoms with Gasteiger partial charge in [-0.2, -0.15) is 5.26 Å². The van der Waals surface area contributed by atoms with E-state index in [1.54, 1.807) is 0 Å². The van der Waals surface area contributed by atoms with E-state index in [-0.39, 0.29) is 18.1 Å². The first-order valence-corrected chi connectivity index (χ1v) is 9.38. The molecule has 1 saturated heterocycles. The molecule has 1 fully saturated rings. The first-order chi connectivity index (χ1) is 11.0. The molecule has 1 aromatic carbocycles. The van der Waals surface area contributed by atoms with Gasteiger partial charge < -0.3 is 4.74 Å². The first kappa shape index (κ1) is 17.4. The zero-order valence-corrected chi connectivity index (χ0v) is 13.7. The minimum Gasteiger partial charge on any atom is -0.464 e. The van der Waals surface area contributed by atoms with Crippen molar-refractivity contribution in [2.75, 3.05) is 31.2 Å². The van der Waals surface area contributed by atoms with E-state index in [2.05, 4.69) is 0 Å². The summed E-state index contributed by atoms with van der Waals surface area (Å²) in [6.07, 6.45) is 0.837. The predicted octanol–water partition coefficient (Wildman–Crippen LogP) is 1.31. The standard InChI is InChI=1S/C16H20N2O4S/c17-8-4-5-11-22-16(19)15(14-6-2-1-3-7-14)18-9-12-23(20,21)13-10-18/h1-3,6-7,15H,4-5,9-13H2/t15-/m0/s1. The summed E-state index contributed by atoms with van der Waals surface area (Å²) >= 11 is 0. The van der Waals surface area contributed by atoms with Crippen molar-refractivity contribution in [2.45, 2.75) is 18.9 Å². The smallest absolute Gasteiger partial charge is 0.328 e. The van der Waals surface area contributed by atoms with Crippen LogP contribution in [0.15, 0.2) is 30.3 Å². The van der Waals surface area contributed by atoms with E-state index < -0.39 is 21.8 Å². The number of nitriles is 1. The van der Waals surface area contributed by atoms with E-state index in [4.69, 9.17) is 10.00 Å². The molecular weight excluding hydrogens is 316 g/mol. The highest BCUT2D eigenvalue weighted by molar-refractivity contribution is 7.91. The summed E-state index contributed by atoms with van der Waals surface area (Å²) in [5.41, 5.74) is 0.789. The largest absolute Gasteiger partial charge is 0.464 e. The summed E-state index contributed by atoms with van der Waals surface area (Å²) in [4.78, 5) is 14.3. The maximum Gasteiger partial charge on any atom is 0.328 e. The molecule has 1 heterocycles. The molecule has 0 amide bonds. The van der Waals surface area contributed by atoms with Gasteiger partial charge in [-0.25, -0.2) is 13.2 Å². The van der Waals surface area contributed by atoms with Gasteiger partial charge in [-0.05, 0) is 12.0 Å². The second-order valence-electron chi connectivity index (χ2n) is 5.43. The molecule has 0 aromatic heterocycles. The number of ether oxygens (including phenoxy) is 1. The summed E-state index contributed by atoms with van der Waals surface area (Å²) in [5, 5.41) is 8.52. The van der Waals surface area contributed by atoms with Crippen LogP contribution in [0.1, 0.15) is 24.4 Å². The number of hydrogen-bond acceptors (Lipinski definition) is 6. The van der Waals surface area contributed by atoms with Crippen molar-refractivity contribution in [3.05, 3.63) is 35.9 Å². The number of unbranched alkanes of at least 4 members (excludes halogenated alkanes) is 1. The van der Waals surface area contributed by atoms with Gasteiger partial charge in [-0.3, -0.25) is 4.90 Å². The minimum atomic E-state index is -3.01. The van der Waals surface area contributed by atoms with Crippen molar-refractivity contribution in [3.8, 4) is 6.07 Å². The highest BCUT2D eigenvalue weighted by Gasteiger charge is 2.33. The Balaban J connectivity index is 2.10. The zero-order chi connectivity index (χ0) is 16.7. The van der Waals surface area contributed by atoms with Crippen molar-refractivity contribution in [1.29, 1.82) is 5.26 Å². The Bertz CT molecular complexity index is 653. The number of hydrogen-bond donors (Lipinski definition) is 0. The average molecular weight is 336 g/mol. The van der Waals surface area contributed by atoms with Crippen LogP contribution in [0.4, 0.5) is 0 Å². The Labute approximate surface area is 136 Å². The number of sulfone groups is 1. The number of carbonyl (C=O) groups excluding carboxylic acids is 1. The topological polar surface area (TPSA) is 87.5 Å². The van der Waals surface area contributed by atoms with Crippen LogP contribution in [-0.2, 0) is 19.4 Å². The van der Waals surface area contributed by atoms with Crippen molar-refractivity contribution >= 4 is 15.8 Å². The van der Waals surface area contributed by atoms with Crippen LogP contribution in [0.25, 0.3) is 0 Å². The Kier molecular flexibility index (Phi) is 6.13. The summed E-state index contributed by atoms with van der Waals surface area (Å²) in [7, 11) is -3.01. The van der Waals surface area contributed by atoms with Gasteiger partial charge in [0.2, 0.25) is 0 Å². The predicted molar refractivity (Wildman–Crippen MR) is 85.2 cm³/mol. The average Bonchev–Trinajstić information content (AvgIpc) is 2.54. The van der Waals surface area contributed by atoms with Crippen molar-refractivity contribution in [1.82, 2.24) is 4.90 Å². The Morgan fingerprint density at radius 1 is 1.26 bits per heavy atom. The Morgan fingerprint density at radius 3 is 2.52 bits per heavy atom. The SMILES string of the molecule is N#CCCCOC(=O)[C@H](c1ccccc1)N1CCS(=O)(=O)CC1. The third kappa shape index (κ3) is 5.05. The Morgan fingerprint density at radius 2 is 1.91 bits per heavy atom. The van der Waals surface area contributed by atoms with Gasteiger partial charge in [0.25, 0.3) is 0 Å². The van der Waals surface area contributed by atoms with Crippen LogP contribution in [0.3, 0.4) is 0 Å². The van der Waals surface area contributed by atoms with Crippen LogP contribution < -0.4 is 0 Å². The van der Waals surface area contributed by atoms with Gasteiger partial charge in [-0.1, -0.05) is 30.3 Å². The third-order valence-electron chi connectivity index (χ3n) is 3.76. The lowest BCUT2D eigenvalue weighted by atomic mass is 10.1. The van der Waals surface area contributed by atoms with Gasteiger partial charge >= 0.3 is 5.97 Å². The number of esters is 1. The second-order valence-corrected chi connectivity index (χ2v) is 7.73. The van der Waals surface area contributed by atoms with E-state index in [0.717, 1.165) is 5.56 Å². The van der Waals surface area contributed by atoms with Gasteiger partial charge in [0.1, 0.15) is 6.04 Å². The molecule has 6 nitrogen and oxygen atoms in total. The van der Waals surface area contributed by atoms with Gasteiger partial charge in [-0.15, -0.1) is 0 Å². The monoisotopic (exact) mass is 336 g/mol. The fourth-order valence-electron chi connectivity index (χ4n) is 2.52. The molecule has 1 aromatic rings. The first-order valence-electron chi connectivity index (χ1n) is 7.56. The molecule has 0 aliphatic carbocycles. The van der Waals surface area contributed by atoms with Crippen molar-refractivity contribution in [2.24, 2.45) is 0 Å². The molecule has 0 bridgehead atoms. The molecule has 0 radical (unpaired) electrons. The van der Waals surface area contributed by atoms with Crippen LogP contribution in [0.2, 0.25) is 0 Å². The van der Waals surface area contributed by atoms with Crippen molar-refractivity contribution < 1.29 is 17.9 Å². The third-order valence-corrected chi connectivity index (χ3v) is 5.37. The molecule has 0 spiro atoms. The molecule has 23 heavy (non-hydrogen) atoms. The van der Waals surface area contributed by atoms with Crippen LogP contribution >= 0.6 is 0 Å². The highest BCUT2D eigenvalue weighted by Crippen LogP contribution is 2.24. The number of carbonyl (C=O) groups is 1. The van der Waals surface area contributed by atoms with Crippen LogP contribution in [0, 0.1) is 11.3 Å². The quantitative estimate of drug-likeness (QED) is 0.575. The molecule has 2 rings (SSSR count). The molecule has 1 aliphatic heterocycles. The van der Waals surface area contributed by atoms with Gasteiger partial charge in [0.15, 0.2) is 9.84 Å². The fraction of sp³-hybridized carbons (Fsp3) is 0.500. The molecular formula is C16H20N2O4S. The van der Waals surface area contributed by atoms with E-state index in [0.29, 0.717) is 25.9 Å². The maximum absolute atomic E-state index is 12.5. The van der Waals surface area contributed by atoms with Crippen LogP contribution in [0.5, 0.6) is 0 Å². The van der Waals surface area contributed by atoms with E-state index in [9.17, 15) is 13.2 Å². The molecule has 7 heteroatoms. The molecule has 0 N–H and O–H groups in total. The molecule has 0 unspecified atom stereocenters. The highest BCUT2D eigenvalue weighted by atomic mass is 32.2. The molecule has 0 saturated carbocycles. The zero-order valence-electron chi connectivity index (χ0n) is 12.8. The summed E-state index contributed by atoms with van der Waals surface area (Å²) in [6.45, 7) is 0.826. The second kappa shape index (κ2) is 8.09. The van der Waals surface area contributed by atoms with Gasteiger partial charge in [0, 0.05) is 19.5 Å². The molecule has 1 atom stereocenters. The van der Waals surface area contributed by atoms with Crippen molar-refractivity contribution in [3.63, 3.8) is 0 Å². The normalized spacial score (nSPS) is 18.7. The van der Waals surface area contributed by atoms with Gasteiger partial charge in [0.05, 0.1) is 24.2 Å². The number of nitrogens with zero attached hydrogens (tertiary/aromatic N) is 2. The lowest BCUT2D eigenvalue weighted by Crippen LogP contribution is -2.45. The summed E-state index contributed by atoms with van der Waals surface area (Å²) < 4.78 is 28.5. The Hall–Kier alpha value is -1.91. The van der Waals surface area contributed by atoms with E-state index in [1.807, 2.05) is 41.3 Å². The van der Waals surface area contributed by atoms with Crippen LogP contribution in [-0.4, -0.2) is 50.5 Å². The lowest BCUT2D eigenvalue weighted by Gasteiger charge is -2.33. The number of benzene rings is 1. The number of rotatable bonds is 6. The summed E-state index contributed by atoms with van der Waals surface area (Å²) in [6, 6.07) is 10.6. The lowest BCUT2D eigenvalue weighted by molar-refractivity contribution is -0.150. The van der Waals surface area contributed by atoms with E-state index in [1.165, 1.54) is 0 Å². The molecule has 124 valence electrons. The fourth-order valence-corrected chi connectivity index (χ4v) is 3.75. The minimum absolute atomic E-state index is 0.0536. The molecule has 1 aliphatic rings.